The van der Waals surface area contributed by atoms with Crippen LogP contribution in [0.15, 0.2) is 53.3 Å². The SMILES string of the molecule is O=C(N/C=C/c1ccc(Cl)cc1)NCc1ccco1. The third kappa shape index (κ3) is 4.52. The van der Waals surface area contributed by atoms with Gasteiger partial charge in [0.25, 0.3) is 0 Å². The molecule has 0 spiro atoms. The molecular formula is C14H13ClN2O2. The second-order valence-electron chi connectivity index (χ2n) is 3.79. The number of benzene rings is 1. The molecule has 4 nitrogen and oxygen atoms in total. The molecule has 0 aliphatic rings. The summed E-state index contributed by atoms with van der Waals surface area (Å²) in [5, 5.41) is 5.95. The van der Waals surface area contributed by atoms with Gasteiger partial charge in [0.05, 0.1) is 12.8 Å². The van der Waals surface area contributed by atoms with Crippen molar-refractivity contribution < 1.29 is 9.21 Å². The molecule has 2 rings (SSSR count). The molecule has 1 aromatic carbocycles. The topological polar surface area (TPSA) is 54.3 Å². The van der Waals surface area contributed by atoms with E-state index in [2.05, 4.69) is 10.6 Å². The predicted octanol–water partition coefficient (Wildman–Crippen LogP) is 3.40. The molecular weight excluding hydrogens is 264 g/mol. The Hall–Kier alpha value is -2.20. The standard InChI is InChI=1S/C14H13ClN2O2/c15-12-5-3-11(4-6-12)7-8-16-14(18)17-10-13-2-1-9-19-13/h1-9H,10H2,(H2,16,17,18)/b8-7+. The number of amides is 2. The van der Waals surface area contributed by atoms with Crippen LogP contribution in [0.3, 0.4) is 0 Å². The number of carbonyl (C=O) groups excluding carboxylic acids is 1. The number of rotatable bonds is 4. The summed E-state index contributed by atoms with van der Waals surface area (Å²) >= 11 is 5.77. The first-order chi connectivity index (χ1) is 9.24. The zero-order valence-electron chi connectivity index (χ0n) is 10.1. The first-order valence-electron chi connectivity index (χ1n) is 5.73. The normalized spacial score (nSPS) is 10.6. The second-order valence-corrected chi connectivity index (χ2v) is 4.23. The predicted molar refractivity (Wildman–Crippen MR) is 74.6 cm³/mol. The van der Waals surface area contributed by atoms with Crippen LogP contribution in [-0.2, 0) is 6.54 Å². The van der Waals surface area contributed by atoms with E-state index in [1.165, 1.54) is 0 Å². The van der Waals surface area contributed by atoms with Crippen molar-refractivity contribution in [3.05, 3.63) is 65.2 Å². The molecule has 0 fully saturated rings. The molecule has 0 saturated carbocycles. The zero-order valence-corrected chi connectivity index (χ0v) is 10.9. The van der Waals surface area contributed by atoms with E-state index in [0.717, 1.165) is 5.56 Å². The summed E-state index contributed by atoms with van der Waals surface area (Å²) in [5.41, 5.74) is 0.954. The smallest absolute Gasteiger partial charge is 0.319 e. The molecule has 0 saturated heterocycles. The van der Waals surface area contributed by atoms with E-state index >= 15 is 0 Å². The van der Waals surface area contributed by atoms with Gasteiger partial charge in [0.2, 0.25) is 0 Å². The Morgan fingerprint density at radius 2 is 2.05 bits per heavy atom. The summed E-state index contributed by atoms with van der Waals surface area (Å²) < 4.78 is 5.10. The van der Waals surface area contributed by atoms with Crippen LogP contribution in [0, 0.1) is 0 Å². The Morgan fingerprint density at radius 1 is 1.26 bits per heavy atom. The van der Waals surface area contributed by atoms with E-state index in [9.17, 15) is 4.79 Å². The highest BCUT2D eigenvalue weighted by atomic mass is 35.5. The van der Waals surface area contributed by atoms with Gasteiger partial charge in [0.15, 0.2) is 0 Å². The lowest BCUT2D eigenvalue weighted by atomic mass is 10.2. The highest BCUT2D eigenvalue weighted by molar-refractivity contribution is 6.30. The fourth-order valence-electron chi connectivity index (χ4n) is 1.42. The molecule has 2 aromatic rings. The number of furan rings is 1. The summed E-state index contributed by atoms with van der Waals surface area (Å²) in [6.07, 6.45) is 4.92. The van der Waals surface area contributed by atoms with Gasteiger partial charge in [-0.1, -0.05) is 23.7 Å². The van der Waals surface area contributed by atoms with Crippen LogP contribution in [0.2, 0.25) is 5.02 Å². The molecule has 0 aliphatic heterocycles. The van der Waals surface area contributed by atoms with Crippen LogP contribution in [0.1, 0.15) is 11.3 Å². The first kappa shape index (κ1) is 13.2. The van der Waals surface area contributed by atoms with E-state index in [0.29, 0.717) is 17.3 Å². The number of hydrogen-bond donors (Lipinski definition) is 2. The van der Waals surface area contributed by atoms with Crippen LogP contribution in [0.5, 0.6) is 0 Å². The second kappa shape index (κ2) is 6.66. The molecule has 5 heteroatoms. The monoisotopic (exact) mass is 276 g/mol. The number of nitrogens with one attached hydrogen (secondary N) is 2. The largest absolute Gasteiger partial charge is 0.467 e. The Balaban J connectivity index is 1.75. The van der Waals surface area contributed by atoms with Gasteiger partial charge < -0.3 is 15.1 Å². The quantitative estimate of drug-likeness (QED) is 0.899. The highest BCUT2D eigenvalue weighted by Crippen LogP contribution is 2.10. The average molecular weight is 277 g/mol. The van der Waals surface area contributed by atoms with E-state index in [-0.39, 0.29) is 6.03 Å². The summed E-state index contributed by atoms with van der Waals surface area (Å²) in [6, 6.07) is 10.6. The summed E-state index contributed by atoms with van der Waals surface area (Å²) in [6.45, 7) is 0.355. The zero-order chi connectivity index (χ0) is 13.5. The van der Waals surface area contributed by atoms with Gasteiger partial charge >= 0.3 is 6.03 Å². The van der Waals surface area contributed by atoms with Crippen LogP contribution < -0.4 is 10.6 Å². The van der Waals surface area contributed by atoms with Crippen molar-refractivity contribution in [2.75, 3.05) is 0 Å². The molecule has 1 aromatic heterocycles. The molecule has 0 unspecified atom stereocenters. The molecule has 0 atom stereocenters. The summed E-state index contributed by atoms with van der Waals surface area (Å²) in [7, 11) is 0. The van der Waals surface area contributed by atoms with Crippen LogP contribution >= 0.6 is 11.6 Å². The van der Waals surface area contributed by atoms with Crippen molar-refractivity contribution in [3.8, 4) is 0 Å². The molecule has 19 heavy (non-hydrogen) atoms. The van der Waals surface area contributed by atoms with Crippen molar-refractivity contribution in [2.45, 2.75) is 6.54 Å². The molecule has 2 amide bonds. The van der Waals surface area contributed by atoms with Gasteiger partial charge in [-0.25, -0.2) is 4.79 Å². The van der Waals surface area contributed by atoms with Gasteiger partial charge in [-0.15, -0.1) is 0 Å². The van der Waals surface area contributed by atoms with Crippen LogP contribution in [-0.4, -0.2) is 6.03 Å². The molecule has 2 N–H and O–H groups in total. The van der Waals surface area contributed by atoms with Crippen LogP contribution in [0.25, 0.3) is 6.08 Å². The van der Waals surface area contributed by atoms with Gasteiger partial charge in [0.1, 0.15) is 5.76 Å². The third-order valence-electron chi connectivity index (χ3n) is 2.36. The Bertz CT molecular complexity index is 547. The molecule has 0 aliphatic carbocycles. The Morgan fingerprint density at radius 3 is 2.74 bits per heavy atom. The summed E-state index contributed by atoms with van der Waals surface area (Å²) in [5.74, 6) is 0.705. The Labute approximate surface area is 116 Å². The maximum Gasteiger partial charge on any atom is 0.319 e. The number of urea groups is 1. The molecule has 98 valence electrons. The van der Waals surface area contributed by atoms with Gasteiger partial charge in [-0.3, -0.25) is 0 Å². The maximum atomic E-state index is 11.4. The van der Waals surface area contributed by atoms with Crippen molar-refractivity contribution >= 4 is 23.7 Å². The minimum absolute atomic E-state index is 0.290. The molecule has 0 bridgehead atoms. The Kier molecular flexibility index (Phi) is 4.64. The minimum Gasteiger partial charge on any atom is -0.467 e. The van der Waals surface area contributed by atoms with Crippen molar-refractivity contribution in [3.63, 3.8) is 0 Å². The van der Waals surface area contributed by atoms with Crippen LogP contribution in [0.4, 0.5) is 4.79 Å². The minimum atomic E-state index is -0.290. The fraction of sp³-hybridized carbons (Fsp3) is 0.0714. The van der Waals surface area contributed by atoms with Crippen molar-refractivity contribution in [1.82, 2.24) is 10.6 Å². The van der Waals surface area contributed by atoms with E-state index in [1.54, 1.807) is 42.8 Å². The number of carbonyl (C=O) groups is 1. The van der Waals surface area contributed by atoms with Gasteiger partial charge in [-0.2, -0.15) is 0 Å². The number of hydrogen-bond acceptors (Lipinski definition) is 2. The lowest BCUT2D eigenvalue weighted by Gasteiger charge is -2.02. The van der Waals surface area contributed by atoms with E-state index in [4.69, 9.17) is 16.0 Å². The highest BCUT2D eigenvalue weighted by Gasteiger charge is 1.99. The molecule has 0 radical (unpaired) electrons. The van der Waals surface area contributed by atoms with E-state index < -0.39 is 0 Å². The van der Waals surface area contributed by atoms with Crippen molar-refractivity contribution in [2.24, 2.45) is 0 Å². The maximum absolute atomic E-state index is 11.4. The van der Waals surface area contributed by atoms with Gasteiger partial charge in [-0.05, 0) is 35.9 Å². The lowest BCUT2D eigenvalue weighted by molar-refractivity contribution is 0.243. The summed E-state index contributed by atoms with van der Waals surface area (Å²) in [4.78, 5) is 11.4. The van der Waals surface area contributed by atoms with Gasteiger partial charge in [0, 0.05) is 11.2 Å². The van der Waals surface area contributed by atoms with E-state index in [1.807, 2.05) is 12.1 Å². The third-order valence-corrected chi connectivity index (χ3v) is 2.62. The average Bonchev–Trinajstić information content (AvgIpc) is 2.92. The van der Waals surface area contributed by atoms with Crippen molar-refractivity contribution in [1.29, 1.82) is 0 Å². The first-order valence-corrected chi connectivity index (χ1v) is 6.11. The number of halogens is 1. The lowest BCUT2D eigenvalue weighted by Crippen LogP contribution is -2.31. The fourth-order valence-corrected chi connectivity index (χ4v) is 1.55. The molecule has 1 heterocycles.